The van der Waals surface area contributed by atoms with Crippen molar-refractivity contribution in [2.45, 2.75) is 13.3 Å². The molecule has 0 aliphatic rings. The highest BCUT2D eigenvalue weighted by molar-refractivity contribution is 6.04. The average Bonchev–Trinajstić information content (AvgIpc) is 2.80. The number of anilines is 5. The number of aryl methyl sites for hydroxylation is 1. The minimum Gasteiger partial charge on any atom is -0.355 e. The fraction of sp³-hybridized carbons (Fsp3) is 0.0800. The summed E-state index contributed by atoms with van der Waals surface area (Å²) >= 11 is 0. The molecule has 2 heterocycles. The number of aromatic nitrogens is 2. The highest BCUT2D eigenvalue weighted by Gasteiger charge is 2.07. The SMILES string of the molecule is CCc1cc(Nc2cccc(NC(=O)c3ccc(Nc4ccncc4)cc3)c2)ccn1. The third-order valence-corrected chi connectivity index (χ3v) is 4.70. The Morgan fingerprint density at radius 2 is 1.39 bits per heavy atom. The minimum atomic E-state index is -0.162. The van der Waals surface area contributed by atoms with Crippen LogP contribution in [-0.4, -0.2) is 15.9 Å². The highest BCUT2D eigenvalue weighted by atomic mass is 16.1. The maximum absolute atomic E-state index is 12.7. The first-order chi connectivity index (χ1) is 15.2. The van der Waals surface area contributed by atoms with Crippen molar-refractivity contribution in [1.29, 1.82) is 0 Å². The summed E-state index contributed by atoms with van der Waals surface area (Å²) in [6.45, 7) is 2.07. The van der Waals surface area contributed by atoms with E-state index in [1.54, 1.807) is 30.7 Å². The van der Waals surface area contributed by atoms with E-state index >= 15 is 0 Å². The molecule has 0 unspecified atom stereocenters. The van der Waals surface area contributed by atoms with Crippen LogP contribution in [0.15, 0.2) is 91.4 Å². The molecule has 0 saturated heterocycles. The van der Waals surface area contributed by atoms with Crippen molar-refractivity contribution >= 4 is 34.3 Å². The van der Waals surface area contributed by atoms with Crippen LogP contribution in [0.5, 0.6) is 0 Å². The predicted octanol–water partition coefficient (Wildman–Crippen LogP) is 5.78. The average molecular weight is 409 g/mol. The van der Waals surface area contributed by atoms with Gasteiger partial charge in [0.1, 0.15) is 0 Å². The highest BCUT2D eigenvalue weighted by Crippen LogP contribution is 2.22. The fourth-order valence-electron chi connectivity index (χ4n) is 3.10. The smallest absolute Gasteiger partial charge is 0.255 e. The maximum Gasteiger partial charge on any atom is 0.255 e. The summed E-state index contributed by atoms with van der Waals surface area (Å²) in [5, 5.41) is 9.59. The third-order valence-electron chi connectivity index (χ3n) is 4.70. The molecule has 6 heteroatoms. The monoisotopic (exact) mass is 409 g/mol. The molecule has 0 atom stereocenters. The summed E-state index contributed by atoms with van der Waals surface area (Å²) in [4.78, 5) is 21.0. The van der Waals surface area contributed by atoms with E-state index in [0.29, 0.717) is 5.56 Å². The van der Waals surface area contributed by atoms with Crippen LogP contribution in [0, 0.1) is 0 Å². The summed E-state index contributed by atoms with van der Waals surface area (Å²) in [6.07, 6.45) is 6.12. The summed E-state index contributed by atoms with van der Waals surface area (Å²) in [5.41, 5.74) is 6.03. The van der Waals surface area contributed by atoms with E-state index in [9.17, 15) is 4.79 Å². The third kappa shape index (κ3) is 5.45. The van der Waals surface area contributed by atoms with Gasteiger partial charge in [-0.15, -0.1) is 0 Å². The lowest BCUT2D eigenvalue weighted by molar-refractivity contribution is 0.102. The first-order valence-electron chi connectivity index (χ1n) is 10.1. The molecule has 0 fully saturated rings. The van der Waals surface area contributed by atoms with Crippen molar-refractivity contribution in [1.82, 2.24) is 9.97 Å². The first-order valence-corrected chi connectivity index (χ1v) is 10.1. The molecule has 0 aliphatic carbocycles. The number of amides is 1. The Kier molecular flexibility index (Phi) is 6.18. The van der Waals surface area contributed by atoms with E-state index in [4.69, 9.17) is 0 Å². The Balaban J connectivity index is 1.40. The molecule has 31 heavy (non-hydrogen) atoms. The number of nitrogens with one attached hydrogen (secondary N) is 3. The zero-order chi connectivity index (χ0) is 21.5. The Morgan fingerprint density at radius 3 is 2.16 bits per heavy atom. The molecule has 0 aliphatic heterocycles. The van der Waals surface area contributed by atoms with Crippen molar-refractivity contribution in [2.75, 3.05) is 16.0 Å². The molecule has 3 N–H and O–H groups in total. The van der Waals surface area contributed by atoms with Crippen LogP contribution in [0.2, 0.25) is 0 Å². The van der Waals surface area contributed by atoms with Crippen LogP contribution >= 0.6 is 0 Å². The van der Waals surface area contributed by atoms with E-state index in [2.05, 4.69) is 32.8 Å². The van der Waals surface area contributed by atoms with Crippen molar-refractivity contribution < 1.29 is 4.79 Å². The summed E-state index contributed by atoms with van der Waals surface area (Å²) in [6, 6.07) is 22.7. The molecule has 0 bridgehead atoms. The number of rotatable bonds is 7. The molecule has 4 rings (SSSR count). The van der Waals surface area contributed by atoms with Crippen molar-refractivity contribution in [2.24, 2.45) is 0 Å². The van der Waals surface area contributed by atoms with Gasteiger partial charge in [0.15, 0.2) is 0 Å². The Hall–Kier alpha value is -4.19. The van der Waals surface area contributed by atoms with Crippen LogP contribution in [0.3, 0.4) is 0 Å². The molecule has 6 nitrogen and oxygen atoms in total. The van der Waals surface area contributed by atoms with Crippen LogP contribution in [0.25, 0.3) is 0 Å². The molecule has 1 amide bonds. The second kappa shape index (κ2) is 9.54. The number of carbonyl (C=O) groups is 1. The van der Waals surface area contributed by atoms with E-state index < -0.39 is 0 Å². The van der Waals surface area contributed by atoms with Gasteiger partial charge in [0.2, 0.25) is 0 Å². The van der Waals surface area contributed by atoms with Gasteiger partial charge in [0, 0.05) is 58.3 Å². The van der Waals surface area contributed by atoms with Gasteiger partial charge in [0.05, 0.1) is 0 Å². The zero-order valence-electron chi connectivity index (χ0n) is 17.2. The number of hydrogen-bond donors (Lipinski definition) is 3. The van der Waals surface area contributed by atoms with Crippen LogP contribution in [-0.2, 0) is 6.42 Å². The number of hydrogen-bond acceptors (Lipinski definition) is 5. The van der Waals surface area contributed by atoms with Crippen molar-refractivity contribution in [3.8, 4) is 0 Å². The quantitative estimate of drug-likeness (QED) is 0.361. The van der Waals surface area contributed by atoms with E-state index in [1.807, 2.05) is 60.7 Å². The van der Waals surface area contributed by atoms with E-state index in [1.165, 1.54) is 0 Å². The Morgan fingerprint density at radius 1 is 0.742 bits per heavy atom. The molecule has 4 aromatic rings. The zero-order valence-corrected chi connectivity index (χ0v) is 17.2. The predicted molar refractivity (Wildman–Crippen MR) is 125 cm³/mol. The summed E-state index contributed by atoms with van der Waals surface area (Å²) in [5.74, 6) is -0.162. The maximum atomic E-state index is 12.7. The molecular weight excluding hydrogens is 386 g/mol. The fourth-order valence-corrected chi connectivity index (χ4v) is 3.10. The largest absolute Gasteiger partial charge is 0.355 e. The lowest BCUT2D eigenvalue weighted by Crippen LogP contribution is -2.11. The van der Waals surface area contributed by atoms with E-state index in [-0.39, 0.29) is 5.91 Å². The molecule has 2 aromatic heterocycles. The van der Waals surface area contributed by atoms with E-state index in [0.717, 1.165) is 40.6 Å². The van der Waals surface area contributed by atoms with Crippen LogP contribution < -0.4 is 16.0 Å². The number of nitrogens with zero attached hydrogens (tertiary/aromatic N) is 2. The van der Waals surface area contributed by atoms with Gasteiger partial charge in [-0.3, -0.25) is 14.8 Å². The molecule has 154 valence electrons. The standard InChI is InChI=1S/C25H23N5O/c1-2-19-16-24(12-15-27-19)29-22-4-3-5-23(17-22)30-25(31)18-6-8-20(9-7-18)28-21-10-13-26-14-11-21/h3-17H,2H2,1H3,(H,26,28)(H,27,29)(H,30,31). The molecule has 0 spiro atoms. The second-order valence-corrected chi connectivity index (χ2v) is 6.99. The van der Waals surface area contributed by atoms with Gasteiger partial charge in [-0.1, -0.05) is 13.0 Å². The second-order valence-electron chi connectivity index (χ2n) is 6.99. The van der Waals surface area contributed by atoms with Crippen LogP contribution in [0.4, 0.5) is 28.4 Å². The number of carbonyl (C=O) groups excluding carboxylic acids is 1. The first kappa shape index (κ1) is 20.1. The van der Waals surface area contributed by atoms with Gasteiger partial charge >= 0.3 is 0 Å². The number of benzene rings is 2. The minimum absolute atomic E-state index is 0.162. The van der Waals surface area contributed by atoms with Gasteiger partial charge < -0.3 is 16.0 Å². The topological polar surface area (TPSA) is 78.9 Å². The van der Waals surface area contributed by atoms with Gasteiger partial charge in [-0.05, 0) is 73.2 Å². The Labute approximate surface area is 181 Å². The van der Waals surface area contributed by atoms with Crippen molar-refractivity contribution in [3.05, 3.63) is 103 Å². The van der Waals surface area contributed by atoms with Crippen molar-refractivity contribution in [3.63, 3.8) is 0 Å². The lowest BCUT2D eigenvalue weighted by Gasteiger charge is -2.11. The molecular formula is C25H23N5O. The summed E-state index contributed by atoms with van der Waals surface area (Å²) in [7, 11) is 0. The Bertz CT molecular complexity index is 1160. The van der Waals surface area contributed by atoms with Gasteiger partial charge in [-0.2, -0.15) is 0 Å². The number of pyridine rings is 2. The van der Waals surface area contributed by atoms with Gasteiger partial charge in [0.25, 0.3) is 5.91 Å². The van der Waals surface area contributed by atoms with Crippen LogP contribution in [0.1, 0.15) is 23.0 Å². The normalized spacial score (nSPS) is 10.4. The molecule has 2 aromatic carbocycles. The summed E-state index contributed by atoms with van der Waals surface area (Å²) < 4.78 is 0. The molecule has 0 radical (unpaired) electrons. The van der Waals surface area contributed by atoms with Gasteiger partial charge in [-0.25, -0.2) is 0 Å². The lowest BCUT2D eigenvalue weighted by atomic mass is 10.1. The molecule has 0 saturated carbocycles.